The topological polar surface area (TPSA) is 43.3 Å². The number of nitrogen functional groups attached to an aromatic ring is 1. The van der Waals surface area contributed by atoms with Crippen molar-refractivity contribution in [3.05, 3.63) is 47.2 Å². The highest BCUT2D eigenvalue weighted by molar-refractivity contribution is 7.98. The Morgan fingerprint density at radius 1 is 1.32 bits per heavy atom. The molecule has 0 aliphatic carbocycles. The van der Waals surface area contributed by atoms with E-state index in [1.54, 1.807) is 0 Å². The molecule has 3 nitrogen and oxygen atoms in total. The first-order valence-electron chi connectivity index (χ1n) is 5.42. The summed E-state index contributed by atoms with van der Waals surface area (Å²) < 4.78 is 29.1. The summed E-state index contributed by atoms with van der Waals surface area (Å²) in [5, 5.41) is 1.93. The maximum Gasteiger partial charge on any atom is 0.193 e. The van der Waals surface area contributed by atoms with E-state index in [0.29, 0.717) is 5.75 Å². The molecule has 3 aromatic rings. The number of fused-ring (bicyclic) bond motifs is 1. The third-order valence-electron chi connectivity index (χ3n) is 2.53. The van der Waals surface area contributed by atoms with Crippen LogP contribution in [0.4, 0.5) is 14.5 Å². The molecule has 0 amide bonds. The average molecular weight is 297 g/mol. The molecule has 0 fully saturated rings. The van der Waals surface area contributed by atoms with E-state index in [-0.39, 0.29) is 10.6 Å². The SMILES string of the molecule is Nc1cc(F)c(SCc2cn3ccsc3n2)c(F)c1. The maximum absolute atomic E-state index is 13.6. The van der Waals surface area contributed by atoms with Crippen LogP contribution in [0, 0.1) is 11.6 Å². The molecule has 3 rings (SSSR count). The highest BCUT2D eigenvalue weighted by Crippen LogP contribution is 2.29. The number of nitrogens with two attached hydrogens (primary N) is 1. The minimum atomic E-state index is -0.636. The predicted molar refractivity (Wildman–Crippen MR) is 73.4 cm³/mol. The molecule has 0 saturated heterocycles. The number of thioether (sulfide) groups is 1. The van der Waals surface area contributed by atoms with E-state index >= 15 is 0 Å². The molecule has 1 aromatic carbocycles. The van der Waals surface area contributed by atoms with Gasteiger partial charge in [-0.15, -0.1) is 23.1 Å². The van der Waals surface area contributed by atoms with E-state index in [2.05, 4.69) is 4.98 Å². The molecule has 0 aliphatic rings. The van der Waals surface area contributed by atoms with Crippen LogP contribution >= 0.6 is 23.1 Å². The van der Waals surface area contributed by atoms with E-state index in [0.717, 1.165) is 34.5 Å². The number of rotatable bonds is 3. The summed E-state index contributed by atoms with van der Waals surface area (Å²) in [6.07, 6.45) is 3.75. The number of imidazole rings is 1. The molecule has 98 valence electrons. The summed E-state index contributed by atoms with van der Waals surface area (Å²) in [5.74, 6) is -0.862. The molecule has 0 saturated carbocycles. The fraction of sp³-hybridized carbons (Fsp3) is 0.0833. The normalized spacial score (nSPS) is 11.3. The number of anilines is 1. The second-order valence-electron chi connectivity index (χ2n) is 3.93. The lowest BCUT2D eigenvalue weighted by Crippen LogP contribution is -1.93. The van der Waals surface area contributed by atoms with Crippen molar-refractivity contribution in [3.63, 3.8) is 0 Å². The van der Waals surface area contributed by atoms with Crippen LogP contribution in [-0.2, 0) is 5.75 Å². The van der Waals surface area contributed by atoms with Gasteiger partial charge in [-0.1, -0.05) is 0 Å². The number of thiazole rings is 1. The number of nitrogens with zero attached hydrogens (tertiary/aromatic N) is 2. The Hall–Kier alpha value is -1.60. The molecule has 0 aliphatic heterocycles. The lowest BCUT2D eigenvalue weighted by Gasteiger charge is -2.04. The summed E-state index contributed by atoms with van der Waals surface area (Å²) in [7, 11) is 0. The van der Waals surface area contributed by atoms with Gasteiger partial charge in [-0.25, -0.2) is 13.8 Å². The summed E-state index contributed by atoms with van der Waals surface area (Å²) in [5.41, 5.74) is 6.24. The minimum Gasteiger partial charge on any atom is -0.399 e. The molecule has 2 N–H and O–H groups in total. The molecular formula is C12H9F2N3S2. The van der Waals surface area contributed by atoms with Crippen LogP contribution in [0.5, 0.6) is 0 Å². The molecule has 0 bridgehead atoms. The van der Waals surface area contributed by atoms with Gasteiger partial charge in [-0.05, 0) is 12.1 Å². The van der Waals surface area contributed by atoms with Crippen molar-refractivity contribution >= 4 is 33.7 Å². The van der Waals surface area contributed by atoms with Crippen LogP contribution in [0.1, 0.15) is 5.69 Å². The van der Waals surface area contributed by atoms with Gasteiger partial charge in [0, 0.05) is 29.2 Å². The molecule has 0 unspecified atom stereocenters. The first-order chi connectivity index (χ1) is 9.13. The Bertz CT molecular complexity index is 684. The third kappa shape index (κ3) is 2.43. The lowest BCUT2D eigenvalue weighted by molar-refractivity contribution is 0.542. The number of hydrogen-bond acceptors (Lipinski definition) is 4. The van der Waals surface area contributed by atoms with Gasteiger partial charge in [0.2, 0.25) is 0 Å². The number of benzene rings is 1. The van der Waals surface area contributed by atoms with Crippen molar-refractivity contribution in [3.8, 4) is 0 Å². The van der Waals surface area contributed by atoms with Crippen LogP contribution in [0.15, 0.2) is 34.8 Å². The van der Waals surface area contributed by atoms with Crippen LogP contribution in [0.3, 0.4) is 0 Å². The van der Waals surface area contributed by atoms with Crippen LogP contribution in [-0.4, -0.2) is 9.38 Å². The van der Waals surface area contributed by atoms with Crippen molar-refractivity contribution in [2.75, 3.05) is 5.73 Å². The zero-order valence-electron chi connectivity index (χ0n) is 9.64. The Kier molecular flexibility index (Phi) is 3.16. The fourth-order valence-corrected chi connectivity index (χ4v) is 3.25. The Morgan fingerprint density at radius 2 is 2.05 bits per heavy atom. The third-order valence-corrected chi connectivity index (χ3v) is 4.42. The van der Waals surface area contributed by atoms with E-state index in [1.165, 1.54) is 11.3 Å². The Morgan fingerprint density at radius 3 is 2.74 bits per heavy atom. The molecule has 2 heterocycles. The first kappa shape index (κ1) is 12.4. The maximum atomic E-state index is 13.6. The van der Waals surface area contributed by atoms with E-state index in [1.807, 2.05) is 22.2 Å². The second kappa shape index (κ2) is 4.82. The highest BCUT2D eigenvalue weighted by atomic mass is 32.2. The molecule has 7 heteroatoms. The molecule has 0 atom stereocenters. The number of halogens is 2. The van der Waals surface area contributed by atoms with E-state index in [4.69, 9.17) is 5.73 Å². The van der Waals surface area contributed by atoms with E-state index < -0.39 is 11.6 Å². The largest absolute Gasteiger partial charge is 0.399 e. The van der Waals surface area contributed by atoms with Crippen LogP contribution in [0.2, 0.25) is 0 Å². The van der Waals surface area contributed by atoms with Gasteiger partial charge >= 0.3 is 0 Å². The average Bonchev–Trinajstić information content (AvgIpc) is 2.87. The Balaban J connectivity index is 1.81. The summed E-state index contributed by atoms with van der Waals surface area (Å²) >= 11 is 2.59. The van der Waals surface area contributed by atoms with Gasteiger partial charge in [0.1, 0.15) is 11.6 Å². The fourth-order valence-electron chi connectivity index (χ4n) is 1.71. The van der Waals surface area contributed by atoms with Crippen molar-refractivity contribution in [1.29, 1.82) is 0 Å². The highest BCUT2D eigenvalue weighted by Gasteiger charge is 2.12. The van der Waals surface area contributed by atoms with Gasteiger partial charge in [0.25, 0.3) is 0 Å². The summed E-state index contributed by atoms with van der Waals surface area (Å²) in [6.45, 7) is 0. The number of hydrogen-bond donors (Lipinski definition) is 1. The summed E-state index contributed by atoms with van der Waals surface area (Å²) in [4.78, 5) is 5.20. The molecule has 2 aromatic heterocycles. The van der Waals surface area contributed by atoms with E-state index in [9.17, 15) is 8.78 Å². The number of aromatic nitrogens is 2. The van der Waals surface area contributed by atoms with Gasteiger partial charge in [-0.2, -0.15) is 0 Å². The smallest absolute Gasteiger partial charge is 0.193 e. The quantitative estimate of drug-likeness (QED) is 0.594. The van der Waals surface area contributed by atoms with Crippen molar-refractivity contribution in [1.82, 2.24) is 9.38 Å². The van der Waals surface area contributed by atoms with Gasteiger partial charge < -0.3 is 5.73 Å². The van der Waals surface area contributed by atoms with Gasteiger partial charge in [-0.3, -0.25) is 4.40 Å². The monoisotopic (exact) mass is 297 g/mol. The standard InChI is InChI=1S/C12H9F2N3S2/c13-9-3-7(15)4-10(14)11(9)19-6-8-5-17-1-2-18-12(17)16-8/h1-5H,6,15H2. The molecule has 19 heavy (non-hydrogen) atoms. The second-order valence-corrected chi connectivity index (χ2v) is 5.79. The van der Waals surface area contributed by atoms with Crippen molar-refractivity contribution in [2.24, 2.45) is 0 Å². The first-order valence-corrected chi connectivity index (χ1v) is 7.28. The molecule has 0 spiro atoms. The lowest BCUT2D eigenvalue weighted by atomic mass is 10.3. The minimum absolute atomic E-state index is 0.0226. The zero-order valence-corrected chi connectivity index (χ0v) is 11.3. The zero-order chi connectivity index (χ0) is 13.4. The van der Waals surface area contributed by atoms with Crippen LogP contribution in [0.25, 0.3) is 4.96 Å². The molecular weight excluding hydrogens is 288 g/mol. The van der Waals surface area contributed by atoms with Crippen LogP contribution < -0.4 is 5.73 Å². The predicted octanol–water partition coefficient (Wildman–Crippen LogP) is 3.55. The Labute approximate surface area is 116 Å². The summed E-state index contributed by atoms with van der Waals surface area (Å²) in [6, 6.07) is 2.24. The van der Waals surface area contributed by atoms with Crippen molar-refractivity contribution in [2.45, 2.75) is 10.6 Å². The van der Waals surface area contributed by atoms with Gasteiger partial charge in [0.05, 0.1) is 10.6 Å². The van der Waals surface area contributed by atoms with Gasteiger partial charge in [0.15, 0.2) is 4.96 Å². The molecule has 0 radical (unpaired) electrons. The van der Waals surface area contributed by atoms with Crippen molar-refractivity contribution < 1.29 is 8.78 Å².